The number of aliphatic carboxylic acids is 1. The molecule has 0 fully saturated rings. The van der Waals surface area contributed by atoms with E-state index < -0.39 is 28.0 Å². The van der Waals surface area contributed by atoms with E-state index in [2.05, 4.69) is 10.6 Å². The van der Waals surface area contributed by atoms with Crippen LogP contribution in [0.2, 0.25) is 10.0 Å². The van der Waals surface area contributed by atoms with Crippen LogP contribution in [-0.4, -0.2) is 76.6 Å². The number of carbonyl (C=O) groups is 3. The smallest absolute Gasteiger partial charge is 0.346 e. The lowest BCUT2D eigenvalue weighted by molar-refractivity contribution is -0.144. The third-order valence-electron chi connectivity index (χ3n) is 5.96. The summed E-state index contributed by atoms with van der Waals surface area (Å²) < 4.78 is 37.7. The quantitative estimate of drug-likeness (QED) is 0.345. The fourth-order valence-electron chi connectivity index (χ4n) is 3.70. The lowest BCUT2D eigenvalue weighted by Gasteiger charge is -2.33. The summed E-state index contributed by atoms with van der Waals surface area (Å²) in [7, 11) is 2.17. The van der Waals surface area contributed by atoms with Crippen LogP contribution in [0.1, 0.15) is 15.2 Å². The van der Waals surface area contributed by atoms with E-state index in [1.807, 2.05) is 0 Å². The first kappa shape index (κ1) is 32.9. The third-order valence-corrected chi connectivity index (χ3v) is 9.59. The number of benzene rings is 2. The van der Waals surface area contributed by atoms with Gasteiger partial charge in [-0.05, 0) is 47.3 Å². The fraction of sp³-hybridized carbons (Fsp3) is 0.269. The molecule has 1 aromatic heterocycles. The Kier molecular flexibility index (Phi) is 11.0. The number of carboxylic acid groups (broad SMARTS) is 1. The minimum Gasteiger partial charge on any atom is -0.497 e. The molecule has 2 heterocycles. The number of sulfonamides is 1. The fourth-order valence-corrected chi connectivity index (χ4v) is 6.27. The Morgan fingerprint density at radius 3 is 2.33 bits per heavy atom. The van der Waals surface area contributed by atoms with Crippen molar-refractivity contribution in [2.75, 3.05) is 39.7 Å². The number of hydrogen-bond donors (Lipinski definition) is 3. The SMILES string of the molecule is CNC(=O)NC.COc1ccc2c(c1)N(C(=O)c1scc(CN(C)S(=O)(=O)c3ccc(Cl)cc3)c1Cl)CC(C(=O)O)O2. The second kappa shape index (κ2) is 14.1. The number of anilines is 1. The number of carboxylic acids is 1. The highest BCUT2D eigenvalue weighted by Crippen LogP contribution is 2.39. The van der Waals surface area contributed by atoms with Gasteiger partial charge < -0.3 is 25.2 Å². The van der Waals surface area contributed by atoms with Crippen LogP contribution >= 0.6 is 34.5 Å². The number of thiophene rings is 1. The average Bonchev–Trinajstić information content (AvgIpc) is 3.35. The predicted octanol–water partition coefficient (Wildman–Crippen LogP) is 3.92. The van der Waals surface area contributed by atoms with Gasteiger partial charge in [-0.3, -0.25) is 9.69 Å². The summed E-state index contributed by atoms with van der Waals surface area (Å²) in [6.07, 6.45) is -1.27. The van der Waals surface area contributed by atoms with Gasteiger partial charge in [-0.2, -0.15) is 4.31 Å². The number of rotatable bonds is 7. The van der Waals surface area contributed by atoms with Gasteiger partial charge in [0, 0.05) is 38.8 Å². The summed E-state index contributed by atoms with van der Waals surface area (Å²) >= 11 is 13.4. The van der Waals surface area contributed by atoms with Gasteiger partial charge in [0.1, 0.15) is 16.4 Å². The van der Waals surface area contributed by atoms with Gasteiger partial charge >= 0.3 is 12.0 Å². The van der Waals surface area contributed by atoms with Gasteiger partial charge in [0.05, 0.1) is 29.3 Å². The summed E-state index contributed by atoms with van der Waals surface area (Å²) in [5.74, 6) is -1.09. The van der Waals surface area contributed by atoms with Gasteiger partial charge in [-0.15, -0.1) is 11.3 Å². The highest BCUT2D eigenvalue weighted by atomic mass is 35.5. The molecule has 4 rings (SSSR count). The molecule has 3 aromatic rings. The van der Waals surface area contributed by atoms with Crippen LogP contribution in [0.3, 0.4) is 0 Å². The van der Waals surface area contributed by atoms with Crippen molar-refractivity contribution in [3.05, 3.63) is 68.3 Å². The standard InChI is InChI=1S/C23H20Cl2N2O7S2.C3H8N2O/c1-26(36(31,32)16-6-3-14(24)4-7-16)10-13-12-35-21(20(13)25)22(28)27-11-19(23(29)30)34-18-8-5-15(33-2)9-17(18)27;1-4-3(6)5-2/h3-9,12,19H,10-11H2,1-2H3,(H,29,30);1-2H3,(H2,4,5,6). The van der Waals surface area contributed by atoms with E-state index in [-0.39, 0.29) is 39.7 Å². The first-order valence-corrected chi connectivity index (χ1v) is 15.2. The second-order valence-electron chi connectivity index (χ2n) is 8.64. The van der Waals surface area contributed by atoms with E-state index >= 15 is 0 Å². The molecule has 0 bridgehead atoms. The van der Waals surface area contributed by atoms with Gasteiger partial charge in [0.2, 0.25) is 16.1 Å². The lowest BCUT2D eigenvalue weighted by atomic mass is 10.1. The molecule has 1 unspecified atom stereocenters. The number of ether oxygens (including phenoxy) is 2. The minimum atomic E-state index is -3.84. The maximum absolute atomic E-state index is 13.5. The number of nitrogens with zero attached hydrogens (tertiary/aromatic N) is 2. The van der Waals surface area contributed by atoms with Crippen molar-refractivity contribution in [3.63, 3.8) is 0 Å². The molecule has 16 heteroatoms. The molecular weight excluding hydrogens is 631 g/mol. The molecule has 1 aliphatic heterocycles. The van der Waals surface area contributed by atoms with Crippen molar-refractivity contribution in [2.45, 2.75) is 17.5 Å². The number of amides is 3. The maximum atomic E-state index is 13.5. The molecule has 42 heavy (non-hydrogen) atoms. The monoisotopic (exact) mass is 658 g/mol. The molecule has 0 saturated heterocycles. The van der Waals surface area contributed by atoms with E-state index in [0.29, 0.717) is 22.0 Å². The van der Waals surface area contributed by atoms with Gasteiger partial charge in [0.25, 0.3) is 5.91 Å². The third kappa shape index (κ3) is 7.44. The summed E-state index contributed by atoms with van der Waals surface area (Å²) in [5, 5.41) is 16.3. The molecule has 0 radical (unpaired) electrons. The van der Waals surface area contributed by atoms with E-state index in [9.17, 15) is 27.9 Å². The van der Waals surface area contributed by atoms with Gasteiger partial charge in [-0.1, -0.05) is 23.2 Å². The Balaban J connectivity index is 0.000000730. The molecule has 1 aliphatic rings. The van der Waals surface area contributed by atoms with E-state index in [1.165, 1.54) is 49.4 Å². The molecule has 0 aliphatic carbocycles. The highest BCUT2D eigenvalue weighted by molar-refractivity contribution is 7.89. The van der Waals surface area contributed by atoms with Crippen LogP contribution in [-0.2, 0) is 21.4 Å². The van der Waals surface area contributed by atoms with Crippen molar-refractivity contribution >= 4 is 68.2 Å². The second-order valence-corrected chi connectivity index (χ2v) is 12.4. The maximum Gasteiger partial charge on any atom is 0.346 e. The zero-order valence-corrected chi connectivity index (χ0v) is 26.0. The molecule has 3 amide bonds. The predicted molar refractivity (Wildman–Crippen MR) is 160 cm³/mol. The number of hydrogen-bond acceptors (Lipinski definition) is 8. The highest BCUT2D eigenvalue weighted by Gasteiger charge is 2.36. The topological polar surface area (TPSA) is 155 Å². The Hall–Kier alpha value is -3.56. The summed E-state index contributed by atoms with van der Waals surface area (Å²) in [4.78, 5) is 36.6. The van der Waals surface area contributed by atoms with E-state index in [4.69, 9.17) is 32.7 Å². The van der Waals surface area contributed by atoms with Crippen LogP contribution in [0.5, 0.6) is 11.5 Å². The summed E-state index contributed by atoms with van der Waals surface area (Å²) in [6, 6.07) is 10.3. The molecule has 1 atom stereocenters. The lowest BCUT2D eigenvalue weighted by Crippen LogP contribution is -2.47. The van der Waals surface area contributed by atoms with Crippen LogP contribution in [0, 0.1) is 0 Å². The van der Waals surface area contributed by atoms with E-state index in [0.717, 1.165) is 15.6 Å². The molecule has 0 spiro atoms. The normalized spacial score (nSPS) is 14.2. The molecule has 0 saturated carbocycles. The average molecular weight is 660 g/mol. The number of urea groups is 1. The number of methoxy groups -OCH3 is 1. The van der Waals surface area contributed by atoms with Crippen molar-refractivity contribution < 1.29 is 37.4 Å². The molecule has 2 aromatic carbocycles. The molecule has 3 N–H and O–H groups in total. The Morgan fingerprint density at radius 2 is 1.79 bits per heavy atom. The first-order chi connectivity index (χ1) is 19.8. The molecule has 226 valence electrons. The number of carbonyl (C=O) groups excluding carboxylic acids is 2. The van der Waals surface area contributed by atoms with Crippen molar-refractivity contribution in [3.8, 4) is 11.5 Å². The number of fused-ring (bicyclic) bond motifs is 1. The van der Waals surface area contributed by atoms with Crippen molar-refractivity contribution in [1.29, 1.82) is 0 Å². The van der Waals surface area contributed by atoms with Crippen LogP contribution in [0.15, 0.2) is 52.7 Å². The number of halogens is 2. The summed E-state index contributed by atoms with van der Waals surface area (Å²) in [5.41, 5.74) is 0.768. The van der Waals surface area contributed by atoms with Gasteiger partial charge in [-0.25, -0.2) is 18.0 Å². The Labute approximate surface area is 256 Å². The Morgan fingerprint density at radius 1 is 1.14 bits per heavy atom. The zero-order valence-electron chi connectivity index (χ0n) is 22.9. The van der Waals surface area contributed by atoms with Crippen LogP contribution in [0.4, 0.5) is 10.5 Å². The summed E-state index contributed by atoms with van der Waals surface area (Å²) in [6.45, 7) is -0.332. The van der Waals surface area contributed by atoms with Gasteiger partial charge in [0.15, 0.2) is 0 Å². The van der Waals surface area contributed by atoms with Crippen LogP contribution in [0.25, 0.3) is 0 Å². The minimum absolute atomic E-state index is 0.0654. The molecular formula is C26H28Cl2N4O8S2. The number of nitrogens with one attached hydrogen (secondary N) is 2. The van der Waals surface area contributed by atoms with Crippen LogP contribution < -0.4 is 25.0 Å². The van der Waals surface area contributed by atoms with Crippen molar-refractivity contribution in [2.24, 2.45) is 0 Å². The van der Waals surface area contributed by atoms with E-state index in [1.54, 1.807) is 31.6 Å². The van der Waals surface area contributed by atoms with Crippen molar-refractivity contribution in [1.82, 2.24) is 14.9 Å². The largest absolute Gasteiger partial charge is 0.497 e. The zero-order chi connectivity index (χ0) is 31.2. The molecule has 12 nitrogen and oxygen atoms in total. The Bertz CT molecular complexity index is 1560. The first-order valence-electron chi connectivity index (χ1n) is 12.1.